The van der Waals surface area contributed by atoms with Crippen LogP contribution in [-0.2, 0) is 6.54 Å². The van der Waals surface area contributed by atoms with Crippen molar-refractivity contribution in [2.45, 2.75) is 19.9 Å². The van der Waals surface area contributed by atoms with Crippen molar-refractivity contribution in [1.29, 1.82) is 0 Å². The van der Waals surface area contributed by atoms with Gasteiger partial charge in [0.05, 0.1) is 13.7 Å². The van der Waals surface area contributed by atoms with Gasteiger partial charge in [-0.05, 0) is 36.2 Å². The fourth-order valence-corrected chi connectivity index (χ4v) is 1.93. The predicted molar refractivity (Wildman–Crippen MR) is 85.7 cm³/mol. The zero-order valence-electron chi connectivity index (χ0n) is 12.6. The van der Waals surface area contributed by atoms with Crippen molar-refractivity contribution in [3.05, 3.63) is 54.1 Å². The van der Waals surface area contributed by atoms with Crippen LogP contribution in [-0.4, -0.2) is 13.7 Å². The first kappa shape index (κ1) is 15.2. The van der Waals surface area contributed by atoms with E-state index in [0.717, 1.165) is 29.2 Å². The van der Waals surface area contributed by atoms with Crippen LogP contribution in [0.3, 0.4) is 0 Å². The van der Waals surface area contributed by atoms with Gasteiger partial charge in [0.2, 0.25) is 0 Å². The molecule has 2 aromatic rings. The molecule has 2 N–H and O–H groups in total. The van der Waals surface area contributed by atoms with Crippen LogP contribution in [0.2, 0.25) is 0 Å². The average molecular weight is 286 g/mol. The van der Waals surface area contributed by atoms with Crippen LogP contribution in [0.5, 0.6) is 11.5 Å². The van der Waals surface area contributed by atoms with E-state index in [1.54, 1.807) is 7.11 Å². The molecule has 0 saturated carbocycles. The average Bonchev–Trinajstić information content (AvgIpc) is 2.54. The van der Waals surface area contributed by atoms with Crippen LogP contribution >= 0.6 is 0 Å². The molecule has 0 amide bonds. The first-order valence-corrected chi connectivity index (χ1v) is 7.17. The van der Waals surface area contributed by atoms with Gasteiger partial charge in [0.25, 0.3) is 0 Å². The highest BCUT2D eigenvalue weighted by Gasteiger charge is 2.05. The molecule has 0 atom stereocenters. The number of benzene rings is 2. The molecule has 21 heavy (non-hydrogen) atoms. The predicted octanol–water partition coefficient (Wildman–Crippen LogP) is 3.60. The lowest BCUT2D eigenvalue weighted by atomic mass is 10.2. The van der Waals surface area contributed by atoms with Crippen LogP contribution in [0.25, 0.3) is 0 Å². The Labute approximate surface area is 126 Å². The highest BCUT2D eigenvalue weighted by Crippen LogP contribution is 2.28. The highest BCUT2D eigenvalue weighted by molar-refractivity contribution is 5.44. The van der Waals surface area contributed by atoms with E-state index in [1.807, 2.05) is 48.5 Å². The molecule has 2 rings (SSSR count). The summed E-state index contributed by atoms with van der Waals surface area (Å²) in [4.78, 5) is 0. The number of anilines is 1. The third-order valence-corrected chi connectivity index (χ3v) is 2.99. The maximum Gasteiger partial charge on any atom is 0.161 e. The fourth-order valence-electron chi connectivity index (χ4n) is 1.93. The van der Waals surface area contributed by atoms with E-state index >= 15 is 0 Å². The quantitative estimate of drug-likeness (QED) is 0.728. The Morgan fingerprint density at radius 1 is 1.00 bits per heavy atom. The number of nitrogens with one attached hydrogen (secondary N) is 2. The summed E-state index contributed by atoms with van der Waals surface area (Å²) >= 11 is 0. The number of rotatable bonds is 8. The Morgan fingerprint density at radius 2 is 1.81 bits per heavy atom. The van der Waals surface area contributed by atoms with Crippen molar-refractivity contribution in [3.63, 3.8) is 0 Å². The lowest BCUT2D eigenvalue weighted by molar-refractivity contribution is 0.294. The molecule has 0 aliphatic heterocycles. The van der Waals surface area contributed by atoms with Crippen molar-refractivity contribution in [2.75, 3.05) is 19.1 Å². The second-order valence-corrected chi connectivity index (χ2v) is 4.68. The third kappa shape index (κ3) is 4.68. The van der Waals surface area contributed by atoms with Crippen LogP contribution < -0.4 is 20.3 Å². The van der Waals surface area contributed by atoms with Crippen LogP contribution in [0.1, 0.15) is 18.9 Å². The summed E-state index contributed by atoms with van der Waals surface area (Å²) in [5, 5.41) is 0. The molecule has 0 spiro atoms. The van der Waals surface area contributed by atoms with Gasteiger partial charge < -0.3 is 14.9 Å². The minimum atomic E-state index is 0.690. The third-order valence-electron chi connectivity index (χ3n) is 2.99. The molecule has 0 fully saturated rings. The fraction of sp³-hybridized carbons (Fsp3) is 0.294. The second-order valence-electron chi connectivity index (χ2n) is 4.68. The smallest absolute Gasteiger partial charge is 0.161 e. The van der Waals surface area contributed by atoms with Crippen molar-refractivity contribution < 1.29 is 9.47 Å². The molecule has 0 saturated heterocycles. The van der Waals surface area contributed by atoms with Crippen molar-refractivity contribution in [2.24, 2.45) is 0 Å². The first-order chi connectivity index (χ1) is 10.3. The standard InChI is InChI=1S/C17H22N2O2/c1-3-11-21-17-12-14(9-10-16(17)20-2)13-18-19-15-7-5-4-6-8-15/h4-10,12,18-19H,3,11,13H2,1-2H3. The van der Waals surface area contributed by atoms with E-state index in [-0.39, 0.29) is 0 Å². The van der Waals surface area contributed by atoms with Gasteiger partial charge in [-0.3, -0.25) is 0 Å². The Hall–Kier alpha value is -2.20. The Morgan fingerprint density at radius 3 is 2.52 bits per heavy atom. The monoisotopic (exact) mass is 286 g/mol. The van der Waals surface area contributed by atoms with Crippen LogP contribution in [0.15, 0.2) is 48.5 Å². The Bertz CT molecular complexity index is 544. The van der Waals surface area contributed by atoms with Gasteiger partial charge in [-0.25, -0.2) is 5.43 Å². The number of hydrogen-bond acceptors (Lipinski definition) is 4. The van der Waals surface area contributed by atoms with E-state index in [2.05, 4.69) is 17.8 Å². The number of hydrazine groups is 1. The molecule has 0 unspecified atom stereocenters. The minimum absolute atomic E-state index is 0.690. The maximum atomic E-state index is 5.71. The Kier molecular flexibility index (Phi) is 5.91. The molecular weight excluding hydrogens is 264 g/mol. The molecule has 112 valence electrons. The number of para-hydroxylation sites is 1. The molecule has 0 aliphatic carbocycles. The normalized spacial score (nSPS) is 10.2. The second kappa shape index (κ2) is 8.17. The van der Waals surface area contributed by atoms with E-state index < -0.39 is 0 Å². The minimum Gasteiger partial charge on any atom is -0.493 e. The molecule has 0 aliphatic rings. The molecule has 4 heteroatoms. The van der Waals surface area contributed by atoms with Gasteiger partial charge >= 0.3 is 0 Å². The molecule has 0 heterocycles. The SMILES string of the molecule is CCCOc1cc(CNNc2ccccc2)ccc1OC. The van der Waals surface area contributed by atoms with E-state index in [0.29, 0.717) is 13.2 Å². The molecule has 0 radical (unpaired) electrons. The molecule has 0 bridgehead atoms. The zero-order valence-corrected chi connectivity index (χ0v) is 12.6. The van der Waals surface area contributed by atoms with Gasteiger partial charge in [0.15, 0.2) is 11.5 Å². The lowest BCUT2D eigenvalue weighted by Gasteiger charge is -2.13. The van der Waals surface area contributed by atoms with Crippen molar-refractivity contribution in [3.8, 4) is 11.5 Å². The van der Waals surface area contributed by atoms with Gasteiger partial charge in [0.1, 0.15) is 0 Å². The summed E-state index contributed by atoms with van der Waals surface area (Å²) in [5.41, 5.74) is 8.52. The Balaban J connectivity index is 1.93. The van der Waals surface area contributed by atoms with Gasteiger partial charge in [0, 0.05) is 12.2 Å². The molecule has 4 nitrogen and oxygen atoms in total. The van der Waals surface area contributed by atoms with E-state index in [1.165, 1.54) is 0 Å². The lowest BCUT2D eigenvalue weighted by Crippen LogP contribution is -2.20. The van der Waals surface area contributed by atoms with Gasteiger partial charge in [-0.2, -0.15) is 0 Å². The molecule has 0 aromatic heterocycles. The summed E-state index contributed by atoms with van der Waals surface area (Å²) in [5.74, 6) is 1.56. The summed E-state index contributed by atoms with van der Waals surface area (Å²) in [6, 6.07) is 16.0. The van der Waals surface area contributed by atoms with Gasteiger partial charge in [-0.1, -0.05) is 31.2 Å². The van der Waals surface area contributed by atoms with Crippen LogP contribution in [0.4, 0.5) is 5.69 Å². The number of ether oxygens (including phenoxy) is 2. The van der Waals surface area contributed by atoms with E-state index in [4.69, 9.17) is 9.47 Å². The van der Waals surface area contributed by atoms with E-state index in [9.17, 15) is 0 Å². The highest BCUT2D eigenvalue weighted by atomic mass is 16.5. The largest absolute Gasteiger partial charge is 0.493 e. The summed E-state index contributed by atoms with van der Waals surface area (Å²) in [6.07, 6.45) is 0.973. The van der Waals surface area contributed by atoms with Gasteiger partial charge in [-0.15, -0.1) is 0 Å². The van der Waals surface area contributed by atoms with Crippen LogP contribution in [0, 0.1) is 0 Å². The molecular formula is C17H22N2O2. The van der Waals surface area contributed by atoms with Crippen molar-refractivity contribution >= 4 is 5.69 Å². The topological polar surface area (TPSA) is 42.5 Å². The number of methoxy groups -OCH3 is 1. The zero-order chi connectivity index (χ0) is 14.9. The summed E-state index contributed by atoms with van der Waals surface area (Å²) < 4.78 is 11.0. The maximum absolute atomic E-state index is 5.71. The molecule has 2 aromatic carbocycles. The van der Waals surface area contributed by atoms with Crippen molar-refractivity contribution in [1.82, 2.24) is 5.43 Å². The summed E-state index contributed by atoms with van der Waals surface area (Å²) in [7, 11) is 1.66. The number of hydrogen-bond donors (Lipinski definition) is 2. The first-order valence-electron chi connectivity index (χ1n) is 7.17. The summed E-state index contributed by atoms with van der Waals surface area (Å²) in [6.45, 7) is 3.47.